The van der Waals surface area contributed by atoms with Crippen molar-refractivity contribution in [1.82, 2.24) is 10.2 Å². The van der Waals surface area contributed by atoms with E-state index < -0.39 is 0 Å². The number of rotatable bonds is 4. The van der Waals surface area contributed by atoms with Gasteiger partial charge >= 0.3 is 0 Å². The van der Waals surface area contributed by atoms with Gasteiger partial charge in [-0.05, 0) is 73.8 Å². The second-order valence-electron chi connectivity index (χ2n) is 11.0. The third-order valence-electron chi connectivity index (χ3n) is 7.24. The molecule has 0 spiro atoms. The molecule has 2 aromatic rings. The molecule has 1 aliphatic heterocycles. The molecule has 4 rings (SSSR count). The number of carbonyl (C=O) groups is 2. The first-order chi connectivity index (χ1) is 16.6. The SMILES string of the molecule is Cc1ccc(C(=O)N2CCCC(C(=O)NC3=CC(C(C)(C)C)=CCC3)[C@@H]2c2ccccc2)c(C)c1. The second kappa shape index (κ2) is 10.2. The van der Waals surface area contributed by atoms with E-state index >= 15 is 0 Å². The van der Waals surface area contributed by atoms with Gasteiger partial charge in [0.15, 0.2) is 0 Å². The zero-order valence-electron chi connectivity index (χ0n) is 21.7. The molecule has 1 fully saturated rings. The average Bonchev–Trinajstić information content (AvgIpc) is 2.83. The molecule has 0 radical (unpaired) electrons. The molecule has 0 bridgehead atoms. The van der Waals surface area contributed by atoms with Crippen LogP contribution in [0.2, 0.25) is 0 Å². The van der Waals surface area contributed by atoms with Gasteiger partial charge in [-0.25, -0.2) is 0 Å². The van der Waals surface area contributed by atoms with Crippen LogP contribution in [-0.4, -0.2) is 23.3 Å². The van der Waals surface area contributed by atoms with Crippen LogP contribution in [0.1, 0.15) is 79.5 Å². The van der Waals surface area contributed by atoms with E-state index in [-0.39, 0.29) is 29.2 Å². The summed E-state index contributed by atoms with van der Waals surface area (Å²) in [7, 11) is 0. The number of carbonyl (C=O) groups excluding carboxylic acids is 2. The maximum absolute atomic E-state index is 13.8. The smallest absolute Gasteiger partial charge is 0.254 e. The quantitative estimate of drug-likeness (QED) is 0.543. The van der Waals surface area contributed by atoms with Crippen molar-refractivity contribution in [3.63, 3.8) is 0 Å². The molecule has 0 saturated carbocycles. The van der Waals surface area contributed by atoms with Gasteiger partial charge in [0, 0.05) is 17.8 Å². The van der Waals surface area contributed by atoms with Gasteiger partial charge in [-0.2, -0.15) is 0 Å². The number of nitrogens with one attached hydrogen (secondary N) is 1. The highest BCUT2D eigenvalue weighted by Crippen LogP contribution is 2.38. The van der Waals surface area contributed by atoms with E-state index in [2.05, 4.69) is 44.3 Å². The van der Waals surface area contributed by atoms with Crippen LogP contribution in [0.15, 0.2) is 72.0 Å². The van der Waals surface area contributed by atoms with Crippen LogP contribution in [0.5, 0.6) is 0 Å². The number of hydrogen-bond donors (Lipinski definition) is 1. The number of piperidine rings is 1. The summed E-state index contributed by atoms with van der Waals surface area (Å²) < 4.78 is 0. The van der Waals surface area contributed by atoms with Crippen molar-refractivity contribution >= 4 is 11.8 Å². The molecule has 1 unspecified atom stereocenters. The molecular weight excluding hydrogens is 432 g/mol. The zero-order chi connectivity index (χ0) is 25.2. The van der Waals surface area contributed by atoms with Gasteiger partial charge in [0.2, 0.25) is 5.91 Å². The fourth-order valence-corrected chi connectivity index (χ4v) is 5.34. The topological polar surface area (TPSA) is 49.4 Å². The van der Waals surface area contributed by atoms with Gasteiger partial charge < -0.3 is 10.2 Å². The Bertz CT molecular complexity index is 1150. The van der Waals surface area contributed by atoms with E-state index in [1.165, 1.54) is 5.57 Å². The Balaban J connectivity index is 1.64. The fourth-order valence-electron chi connectivity index (χ4n) is 5.34. The van der Waals surface area contributed by atoms with Gasteiger partial charge in [-0.3, -0.25) is 9.59 Å². The predicted molar refractivity (Wildman–Crippen MR) is 142 cm³/mol. The number of allylic oxidation sites excluding steroid dienone is 4. The van der Waals surface area contributed by atoms with Crippen LogP contribution < -0.4 is 5.32 Å². The molecule has 2 amide bonds. The van der Waals surface area contributed by atoms with Gasteiger partial charge in [0.25, 0.3) is 5.91 Å². The van der Waals surface area contributed by atoms with Crippen LogP contribution in [0.3, 0.4) is 0 Å². The summed E-state index contributed by atoms with van der Waals surface area (Å²) in [5, 5.41) is 3.25. The van der Waals surface area contributed by atoms with E-state index in [1.54, 1.807) is 0 Å². The summed E-state index contributed by atoms with van der Waals surface area (Å²) in [6.45, 7) is 11.3. The van der Waals surface area contributed by atoms with Crippen molar-refractivity contribution in [2.24, 2.45) is 11.3 Å². The third kappa shape index (κ3) is 5.58. The van der Waals surface area contributed by atoms with E-state index in [0.717, 1.165) is 48.1 Å². The zero-order valence-corrected chi connectivity index (χ0v) is 21.7. The monoisotopic (exact) mass is 470 g/mol. The minimum Gasteiger partial charge on any atom is -0.331 e. The molecule has 1 aliphatic carbocycles. The molecule has 0 aromatic heterocycles. The lowest BCUT2D eigenvalue weighted by molar-refractivity contribution is -0.127. The molecule has 4 nitrogen and oxygen atoms in total. The molecule has 2 aliphatic rings. The Morgan fingerprint density at radius 1 is 1.03 bits per heavy atom. The Kier molecular flexibility index (Phi) is 7.30. The molecule has 2 aromatic carbocycles. The van der Waals surface area contributed by atoms with E-state index in [1.807, 2.05) is 61.2 Å². The van der Waals surface area contributed by atoms with Crippen LogP contribution in [-0.2, 0) is 4.79 Å². The third-order valence-corrected chi connectivity index (χ3v) is 7.24. The highest BCUT2D eigenvalue weighted by Gasteiger charge is 2.40. The fraction of sp³-hybridized carbons (Fsp3) is 0.419. The van der Waals surface area contributed by atoms with Crippen LogP contribution in [0.25, 0.3) is 0 Å². The van der Waals surface area contributed by atoms with E-state index in [9.17, 15) is 9.59 Å². The first kappa shape index (κ1) is 25.0. The van der Waals surface area contributed by atoms with Gasteiger partial charge in [-0.15, -0.1) is 0 Å². The Morgan fingerprint density at radius 2 is 1.77 bits per heavy atom. The molecule has 1 saturated heterocycles. The van der Waals surface area contributed by atoms with Gasteiger partial charge in [-0.1, -0.05) is 74.9 Å². The van der Waals surface area contributed by atoms with Crippen LogP contribution in [0, 0.1) is 25.2 Å². The summed E-state index contributed by atoms with van der Waals surface area (Å²) in [5.74, 6) is -0.284. The van der Waals surface area contributed by atoms with E-state index in [4.69, 9.17) is 0 Å². The molecule has 184 valence electrons. The van der Waals surface area contributed by atoms with E-state index in [0.29, 0.717) is 12.1 Å². The number of hydrogen-bond acceptors (Lipinski definition) is 2. The Morgan fingerprint density at radius 3 is 2.46 bits per heavy atom. The summed E-state index contributed by atoms with van der Waals surface area (Å²) in [5.41, 5.74) is 6.12. The predicted octanol–water partition coefficient (Wildman–Crippen LogP) is 6.66. The normalized spacial score (nSPS) is 20.7. The number of benzene rings is 2. The van der Waals surface area contributed by atoms with Crippen molar-refractivity contribution in [2.75, 3.05) is 6.54 Å². The summed E-state index contributed by atoms with van der Waals surface area (Å²) >= 11 is 0. The molecule has 1 N–H and O–H groups in total. The van der Waals surface area contributed by atoms with Crippen molar-refractivity contribution in [2.45, 2.75) is 66.3 Å². The van der Waals surface area contributed by atoms with Crippen molar-refractivity contribution in [3.8, 4) is 0 Å². The highest BCUT2D eigenvalue weighted by atomic mass is 16.2. The van der Waals surface area contributed by atoms with Crippen LogP contribution in [0.4, 0.5) is 0 Å². The minimum atomic E-state index is -0.300. The molecule has 2 atom stereocenters. The van der Waals surface area contributed by atoms with Crippen molar-refractivity contribution in [3.05, 3.63) is 94.2 Å². The standard InChI is InChI=1S/C31H38N2O2/c1-21-16-17-26(22(2)19-21)30(35)33-18-10-15-27(28(33)23-11-7-6-8-12-23)29(34)32-25-14-9-13-24(20-25)31(3,4)5/h6-8,11-13,16-17,19-20,27-28H,9-10,14-15,18H2,1-5H3,(H,32,34)/t27?,28-/m0/s1. The highest BCUT2D eigenvalue weighted by molar-refractivity contribution is 5.96. The Labute approximate surface area is 210 Å². The Hall–Kier alpha value is -3.14. The molecular formula is C31H38N2O2. The maximum atomic E-state index is 13.8. The lowest BCUT2D eigenvalue weighted by Gasteiger charge is -2.41. The minimum absolute atomic E-state index is 0.00341. The molecule has 4 heteroatoms. The molecule has 1 heterocycles. The second-order valence-corrected chi connectivity index (χ2v) is 11.0. The first-order valence-electron chi connectivity index (χ1n) is 12.8. The lowest BCUT2D eigenvalue weighted by atomic mass is 9.82. The average molecular weight is 471 g/mol. The summed E-state index contributed by atoms with van der Waals surface area (Å²) in [6.07, 6.45) is 7.75. The number of aryl methyl sites for hydroxylation is 2. The van der Waals surface area contributed by atoms with Gasteiger partial charge in [0.1, 0.15) is 0 Å². The largest absolute Gasteiger partial charge is 0.331 e. The van der Waals surface area contributed by atoms with Gasteiger partial charge in [0.05, 0.1) is 12.0 Å². The van der Waals surface area contributed by atoms with Crippen molar-refractivity contribution in [1.29, 1.82) is 0 Å². The lowest BCUT2D eigenvalue weighted by Crippen LogP contribution is -2.48. The number of nitrogens with zero attached hydrogens (tertiary/aromatic N) is 1. The molecule has 35 heavy (non-hydrogen) atoms. The van der Waals surface area contributed by atoms with Crippen molar-refractivity contribution < 1.29 is 9.59 Å². The number of amides is 2. The first-order valence-corrected chi connectivity index (χ1v) is 12.8. The summed E-state index contributed by atoms with van der Waals surface area (Å²) in [6, 6.07) is 15.7. The number of likely N-dealkylation sites (tertiary alicyclic amines) is 1. The maximum Gasteiger partial charge on any atom is 0.254 e. The summed E-state index contributed by atoms with van der Waals surface area (Å²) in [4.78, 5) is 29.4. The van der Waals surface area contributed by atoms with Crippen LogP contribution >= 0.6 is 0 Å².